The third-order valence-electron chi connectivity index (χ3n) is 3.41. The van der Waals surface area contributed by atoms with Gasteiger partial charge >= 0.3 is 0 Å². The Bertz CT molecular complexity index is 948. The molecule has 4 rings (SSSR count). The van der Waals surface area contributed by atoms with E-state index in [-0.39, 0.29) is 0 Å². The Morgan fingerprint density at radius 2 is 2.09 bits per heavy atom. The number of hydrogen-bond donors (Lipinski definition) is 2. The number of anilines is 2. The van der Waals surface area contributed by atoms with Crippen molar-refractivity contribution in [1.82, 2.24) is 20.2 Å². The Morgan fingerprint density at radius 3 is 2.91 bits per heavy atom. The van der Waals surface area contributed by atoms with Gasteiger partial charge in [-0.1, -0.05) is 17.4 Å². The minimum Gasteiger partial charge on any atom is -0.495 e. The maximum absolute atomic E-state index is 5.23. The van der Waals surface area contributed by atoms with Gasteiger partial charge in [0.15, 0.2) is 10.9 Å². The second-order valence-electron chi connectivity index (χ2n) is 4.90. The minimum atomic E-state index is 0.743. The van der Waals surface area contributed by atoms with E-state index in [2.05, 4.69) is 31.5 Å². The van der Waals surface area contributed by atoms with E-state index < -0.39 is 0 Å². The summed E-state index contributed by atoms with van der Waals surface area (Å²) in [7, 11) is 1.64. The molecule has 0 aliphatic heterocycles. The molecular weight excluding hydrogens is 310 g/mol. The first-order valence-corrected chi connectivity index (χ1v) is 7.80. The first kappa shape index (κ1) is 13.7. The largest absolute Gasteiger partial charge is 0.495 e. The zero-order chi connectivity index (χ0) is 15.6. The predicted molar refractivity (Wildman–Crippen MR) is 91.3 cm³/mol. The van der Waals surface area contributed by atoms with E-state index in [0.29, 0.717) is 0 Å². The third kappa shape index (κ3) is 2.74. The molecule has 1 aromatic carbocycles. The SMILES string of the molecule is COc1cncc(-c2ccc3nc(Nc4cc[nH]n4)sc3c2)c1. The van der Waals surface area contributed by atoms with E-state index in [0.717, 1.165) is 38.0 Å². The fraction of sp³-hybridized carbons (Fsp3) is 0.0625. The monoisotopic (exact) mass is 323 g/mol. The summed E-state index contributed by atoms with van der Waals surface area (Å²) in [6, 6.07) is 9.99. The number of thiazole rings is 1. The number of rotatable bonds is 4. The van der Waals surface area contributed by atoms with Crippen molar-refractivity contribution in [1.29, 1.82) is 0 Å². The molecule has 4 aromatic rings. The Morgan fingerprint density at radius 1 is 1.13 bits per heavy atom. The number of methoxy groups -OCH3 is 1. The van der Waals surface area contributed by atoms with Crippen LogP contribution in [0.1, 0.15) is 0 Å². The van der Waals surface area contributed by atoms with Crippen molar-refractivity contribution in [3.05, 3.63) is 48.9 Å². The molecule has 0 saturated heterocycles. The van der Waals surface area contributed by atoms with Crippen LogP contribution in [0, 0.1) is 0 Å². The van der Waals surface area contributed by atoms with E-state index in [1.807, 2.05) is 30.5 Å². The second-order valence-corrected chi connectivity index (χ2v) is 5.93. The smallest absolute Gasteiger partial charge is 0.189 e. The normalized spacial score (nSPS) is 10.8. The average Bonchev–Trinajstić information content (AvgIpc) is 3.23. The van der Waals surface area contributed by atoms with Crippen molar-refractivity contribution in [2.24, 2.45) is 0 Å². The van der Waals surface area contributed by atoms with Gasteiger partial charge in [-0.2, -0.15) is 5.10 Å². The quantitative estimate of drug-likeness (QED) is 0.597. The van der Waals surface area contributed by atoms with Gasteiger partial charge in [0.2, 0.25) is 0 Å². The summed E-state index contributed by atoms with van der Waals surface area (Å²) in [4.78, 5) is 8.78. The maximum atomic E-state index is 5.23. The molecule has 0 aliphatic carbocycles. The Labute approximate surface area is 136 Å². The van der Waals surface area contributed by atoms with Gasteiger partial charge in [0.1, 0.15) is 5.75 Å². The highest BCUT2D eigenvalue weighted by atomic mass is 32.1. The number of nitrogens with zero attached hydrogens (tertiary/aromatic N) is 3. The summed E-state index contributed by atoms with van der Waals surface area (Å²) < 4.78 is 6.33. The lowest BCUT2D eigenvalue weighted by Gasteiger charge is -2.03. The minimum absolute atomic E-state index is 0.743. The van der Waals surface area contributed by atoms with E-state index in [4.69, 9.17) is 4.74 Å². The molecule has 0 aliphatic rings. The fourth-order valence-electron chi connectivity index (χ4n) is 2.29. The van der Waals surface area contributed by atoms with Crippen LogP contribution in [0.3, 0.4) is 0 Å². The van der Waals surface area contributed by atoms with Gasteiger partial charge in [-0.15, -0.1) is 0 Å². The molecule has 0 spiro atoms. The lowest BCUT2D eigenvalue weighted by Crippen LogP contribution is -1.88. The second kappa shape index (κ2) is 5.69. The Hall–Kier alpha value is -2.93. The molecular formula is C16H13N5OS. The summed E-state index contributed by atoms with van der Waals surface area (Å²) in [6.45, 7) is 0. The van der Waals surface area contributed by atoms with Crippen molar-refractivity contribution in [2.75, 3.05) is 12.4 Å². The molecule has 6 nitrogen and oxygen atoms in total. The van der Waals surface area contributed by atoms with Crippen molar-refractivity contribution in [3.63, 3.8) is 0 Å². The molecule has 0 radical (unpaired) electrons. The standard InChI is InChI=1S/C16H13N5OS/c1-22-12-6-11(8-17-9-12)10-2-3-13-14(7-10)23-16(19-13)20-15-4-5-18-21-15/h2-9H,1H3,(H2,18,19,20,21). The molecule has 2 N–H and O–H groups in total. The maximum Gasteiger partial charge on any atom is 0.189 e. The molecule has 3 aromatic heterocycles. The lowest BCUT2D eigenvalue weighted by molar-refractivity contribution is 0.413. The molecule has 0 unspecified atom stereocenters. The van der Waals surface area contributed by atoms with Crippen LogP contribution in [0.2, 0.25) is 0 Å². The number of H-pyrrole nitrogens is 1. The third-order valence-corrected chi connectivity index (χ3v) is 4.34. The van der Waals surface area contributed by atoms with Gasteiger partial charge in [-0.3, -0.25) is 10.1 Å². The van der Waals surface area contributed by atoms with Crippen LogP contribution in [0.5, 0.6) is 5.75 Å². The number of fused-ring (bicyclic) bond motifs is 1. The topological polar surface area (TPSA) is 75.7 Å². The van der Waals surface area contributed by atoms with Crippen LogP contribution >= 0.6 is 11.3 Å². The number of aromatic nitrogens is 4. The number of benzene rings is 1. The Balaban J connectivity index is 1.69. The number of aromatic amines is 1. The van der Waals surface area contributed by atoms with Gasteiger partial charge in [-0.25, -0.2) is 4.98 Å². The van der Waals surface area contributed by atoms with Crippen LogP contribution in [0.25, 0.3) is 21.3 Å². The van der Waals surface area contributed by atoms with Crippen molar-refractivity contribution >= 4 is 32.5 Å². The van der Waals surface area contributed by atoms with Crippen LogP contribution < -0.4 is 10.1 Å². The number of pyridine rings is 1. The molecule has 114 valence electrons. The van der Waals surface area contributed by atoms with Crippen molar-refractivity contribution in [3.8, 4) is 16.9 Å². The molecule has 0 amide bonds. The summed E-state index contributed by atoms with van der Waals surface area (Å²) in [5.74, 6) is 1.49. The zero-order valence-electron chi connectivity index (χ0n) is 12.3. The highest BCUT2D eigenvalue weighted by Gasteiger charge is 2.08. The molecule has 0 atom stereocenters. The van der Waals surface area contributed by atoms with Crippen LogP contribution in [-0.4, -0.2) is 27.3 Å². The number of hydrogen-bond acceptors (Lipinski definition) is 6. The summed E-state index contributed by atoms with van der Waals surface area (Å²) in [5.41, 5.74) is 3.05. The van der Waals surface area contributed by atoms with E-state index in [1.54, 1.807) is 30.8 Å². The average molecular weight is 323 g/mol. The number of nitrogens with one attached hydrogen (secondary N) is 2. The highest BCUT2D eigenvalue weighted by Crippen LogP contribution is 2.32. The van der Waals surface area contributed by atoms with Crippen LogP contribution in [0.4, 0.5) is 10.9 Å². The zero-order valence-corrected chi connectivity index (χ0v) is 13.1. The van der Waals surface area contributed by atoms with E-state index in [9.17, 15) is 0 Å². The van der Waals surface area contributed by atoms with E-state index >= 15 is 0 Å². The fourth-order valence-corrected chi connectivity index (χ4v) is 3.20. The first-order valence-electron chi connectivity index (χ1n) is 6.98. The van der Waals surface area contributed by atoms with Crippen LogP contribution in [-0.2, 0) is 0 Å². The van der Waals surface area contributed by atoms with Crippen LogP contribution in [0.15, 0.2) is 48.9 Å². The van der Waals surface area contributed by atoms with Gasteiger partial charge in [0, 0.05) is 24.0 Å². The van der Waals surface area contributed by atoms with Crippen molar-refractivity contribution < 1.29 is 4.74 Å². The van der Waals surface area contributed by atoms with Gasteiger partial charge in [-0.05, 0) is 23.8 Å². The number of ether oxygens (including phenoxy) is 1. The molecule has 3 heterocycles. The van der Waals surface area contributed by atoms with Gasteiger partial charge < -0.3 is 10.1 Å². The predicted octanol–water partition coefficient (Wildman–Crippen LogP) is 3.83. The molecule has 23 heavy (non-hydrogen) atoms. The molecule has 0 bridgehead atoms. The summed E-state index contributed by atoms with van der Waals surface area (Å²) >= 11 is 1.59. The highest BCUT2D eigenvalue weighted by molar-refractivity contribution is 7.22. The lowest BCUT2D eigenvalue weighted by atomic mass is 10.1. The van der Waals surface area contributed by atoms with Crippen molar-refractivity contribution in [2.45, 2.75) is 0 Å². The molecule has 0 saturated carbocycles. The van der Waals surface area contributed by atoms with Gasteiger partial charge in [0.25, 0.3) is 0 Å². The first-order chi connectivity index (χ1) is 11.3. The van der Waals surface area contributed by atoms with Gasteiger partial charge in [0.05, 0.1) is 23.5 Å². The van der Waals surface area contributed by atoms with E-state index in [1.165, 1.54) is 0 Å². The summed E-state index contributed by atoms with van der Waals surface area (Å²) in [6.07, 6.45) is 5.29. The molecule has 7 heteroatoms. The summed E-state index contributed by atoms with van der Waals surface area (Å²) in [5, 5.41) is 10.8. The Kier molecular flexibility index (Phi) is 3.39. The molecule has 0 fully saturated rings.